The lowest BCUT2D eigenvalue weighted by molar-refractivity contribution is -0.384. The number of nitro groups is 1. The molecule has 0 unspecified atom stereocenters. The number of nitrogens with one attached hydrogen (secondary N) is 1. The molecule has 2 aromatic carbocycles. The van der Waals surface area contributed by atoms with Gasteiger partial charge in [-0.15, -0.1) is 0 Å². The van der Waals surface area contributed by atoms with Crippen LogP contribution in [0, 0.1) is 10.1 Å². The molecule has 0 atom stereocenters. The third kappa shape index (κ3) is 5.91. The molecule has 0 saturated carbocycles. The molecule has 27 heavy (non-hydrogen) atoms. The highest BCUT2D eigenvalue weighted by Gasteiger charge is 2.13. The summed E-state index contributed by atoms with van der Waals surface area (Å²) in [4.78, 5) is 22.1. The van der Waals surface area contributed by atoms with Crippen LogP contribution in [-0.2, 0) is 10.2 Å². The Morgan fingerprint density at radius 2 is 1.70 bits per heavy atom. The zero-order valence-electron chi connectivity index (χ0n) is 15.9. The Labute approximate surface area is 158 Å². The maximum atomic E-state index is 11.9. The van der Waals surface area contributed by atoms with E-state index in [0.717, 1.165) is 0 Å². The molecular formula is C20H23N3O4. The van der Waals surface area contributed by atoms with Gasteiger partial charge in [0.2, 0.25) is 0 Å². The van der Waals surface area contributed by atoms with Crippen LogP contribution in [-0.4, -0.2) is 23.1 Å². The number of nitro benzene ring substituents is 1. The molecule has 0 aliphatic carbocycles. The Morgan fingerprint density at radius 3 is 2.22 bits per heavy atom. The molecule has 1 amide bonds. The number of rotatable bonds is 6. The lowest BCUT2D eigenvalue weighted by Gasteiger charge is -2.19. The van der Waals surface area contributed by atoms with E-state index in [-0.39, 0.29) is 17.7 Å². The Balaban J connectivity index is 1.88. The molecule has 2 aromatic rings. The summed E-state index contributed by atoms with van der Waals surface area (Å²) in [5, 5.41) is 14.7. The van der Waals surface area contributed by atoms with Crippen molar-refractivity contribution in [2.45, 2.75) is 33.1 Å². The van der Waals surface area contributed by atoms with Gasteiger partial charge in [0.25, 0.3) is 11.6 Å². The highest BCUT2D eigenvalue weighted by molar-refractivity contribution is 5.99. The summed E-state index contributed by atoms with van der Waals surface area (Å²) < 4.78 is 5.46. The van der Waals surface area contributed by atoms with Crippen LogP contribution in [0.25, 0.3) is 0 Å². The SMILES string of the molecule is C/C(=N/NC(=O)COc1ccc(C(C)(C)C)cc1)c1ccc([N+](=O)[O-])cc1. The Hall–Kier alpha value is -3.22. The number of nitrogens with zero attached hydrogens (tertiary/aromatic N) is 2. The van der Waals surface area contributed by atoms with Gasteiger partial charge in [0.05, 0.1) is 10.6 Å². The fraction of sp³-hybridized carbons (Fsp3) is 0.300. The first-order valence-corrected chi connectivity index (χ1v) is 8.48. The van der Waals surface area contributed by atoms with E-state index in [1.807, 2.05) is 24.3 Å². The van der Waals surface area contributed by atoms with E-state index in [0.29, 0.717) is 17.0 Å². The predicted molar refractivity (Wildman–Crippen MR) is 104 cm³/mol. The van der Waals surface area contributed by atoms with Crippen molar-refractivity contribution < 1.29 is 14.5 Å². The fourth-order valence-electron chi connectivity index (χ4n) is 2.27. The van der Waals surface area contributed by atoms with Crippen LogP contribution in [0.1, 0.15) is 38.8 Å². The van der Waals surface area contributed by atoms with E-state index >= 15 is 0 Å². The van der Waals surface area contributed by atoms with Crippen LogP contribution >= 0.6 is 0 Å². The van der Waals surface area contributed by atoms with Gasteiger partial charge in [-0.1, -0.05) is 32.9 Å². The zero-order chi connectivity index (χ0) is 20.0. The number of hydrogen-bond donors (Lipinski definition) is 1. The molecule has 0 heterocycles. The number of carbonyl (C=O) groups is 1. The Kier molecular flexibility index (Phi) is 6.28. The van der Waals surface area contributed by atoms with Crippen molar-refractivity contribution in [3.8, 4) is 5.75 Å². The normalized spacial score (nSPS) is 11.8. The van der Waals surface area contributed by atoms with Crippen molar-refractivity contribution in [3.63, 3.8) is 0 Å². The van der Waals surface area contributed by atoms with Crippen molar-refractivity contribution >= 4 is 17.3 Å². The van der Waals surface area contributed by atoms with E-state index in [1.54, 1.807) is 19.1 Å². The van der Waals surface area contributed by atoms with Crippen LogP contribution < -0.4 is 10.2 Å². The van der Waals surface area contributed by atoms with Gasteiger partial charge in [-0.2, -0.15) is 5.10 Å². The van der Waals surface area contributed by atoms with Crippen molar-refractivity contribution in [2.75, 3.05) is 6.61 Å². The number of amides is 1. The molecule has 0 saturated heterocycles. The number of hydrazone groups is 1. The molecule has 0 bridgehead atoms. The number of benzene rings is 2. The lowest BCUT2D eigenvalue weighted by Crippen LogP contribution is -2.25. The van der Waals surface area contributed by atoms with E-state index in [1.165, 1.54) is 17.7 Å². The summed E-state index contributed by atoms with van der Waals surface area (Å²) in [6, 6.07) is 13.6. The first-order chi connectivity index (χ1) is 12.7. The van der Waals surface area contributed by atoms with Gasteiger partial charge in [-0.25, -0.2) is 5.43 Å². The van der Waals surface area contributed by atoms with E-state index in [2.05, 4.69) is 31.3 Å². The van der Waals surface area contributed by atoms with Crippen LogP contribution in [0.4, 0.5) is 5.69 Å². The monoisotopic (exact) mass is 369 g/mol. The summed E-state index contributed by atoms with van der Waals surface area (Å²) in [5.41, 5.74) is 4.87. The number of non-ortho nitro benzene ring substituents is 1. The summed E-state index contributed by atoms with van der Waals surface area (Å²) in [7, 11) is 0. The van der Waals surface area contributed by atoms with Crippen LogP contribution in [0.5, 0.6) is 5.75 Å². The molecular weight excluding hydrogens is 346 g/mol. The smallest absolute Gasteiger partial charge is 0.277 e. The number of hydrogen-bond acceptors (Lipinski definition) is 5. The summed E-state index contributed by atoms with van der Waals surface area (Å²) >= 11 is 0. The molecule has 0 aliphatic heterocycles. The topological polar surface area (TPSA) is 93.8 Å². The quantitative estimate of drug-likeness (QED) is 0.476. The van der Waals surface area contributed by atoms with Crippen molar-refractivity contribution in [3.05, 3.63) is 69.8 Å². The second kappa shape index (κ2) is 8.44. The Morgan fingerprint density at radius 1 is 1.11 bits per heavy atom. The second-order valence-corrected chi connectivity index (χ2v) is 7.10. The van der Waals surface area contributed by atoms with Gasteiger partial charge < -0.3 is 4.74 Å². The van der Waals surface area contributed by atoms with E-state index in [9.17, 15) is 14.9 Å². The van der Waals surface area contributed by atoms with Crippen molar-refractivity contribution in [1.29, 1.82) is 0 Å². The van der Waals surface area contributed by atoms with Gasteiger partial charge in [0.1, 0.15) is 5.75 Å². The molecule has 0 fully saturated rings. The molecule has 0 radical (unpaired) electrons. The summed E-state index contributed by atoms with van der Waals surface area (Å²) in [6.45, 7) is 7.92. The molecule has 7 nitrogen and oxygen atoms in total. The first kappa shape index (κ1) is 20.1. The number of ether oxygens (including phenoxy) is 1. The summed E-state index contributed by atoms with van der Waals surface area (Å²) in [5.74, 6) is 0.213. The Bertz CT molecular complexity index is 835. The fourth-order valence-corrected chi connectivity index (χ4v) is 2.27. The van der Waals surface area contributed by atoms with Gasteiger partial charge in [-0.3, -0.25) is 14.9 Å². The first-order valence-electron chi connectivity index (χ1n) is 8.48. The van der Waals surface area contributed by atoms with Crippen molar-refractivity contribution in [2.24, 2.45) is 5.10 Å². The standard InChI is InChI=1S/C20H23N3O4/c1-14(15-5-9-17(10-6-15)23(25)26)21-22-19(24)13-27-18-11-7-16(8-12-18)20(2,3)4/h5-12H,13H2,1-4H3,(H,22,24)/b21-14-. The largest absolute Gasteiger partial charge is 0.484 e. The van der Waals surface area contributed by atoms with E-state index in [4.69, 9.17) is 4.74 Å². The van der Waals surface area contributed by atoms with Crippen LogP contribution in [0.2, 0.25) is 0 Å². The van der Waals surface area contributed by atoms with Gasteiger partial charge in [0, 0.05) is 12.1 Å². The number of carbonyl (C=O) groups excluding carboxylic acids is 1. The minimum absolute atomic E-state index is 0.00136. The van der Waals surface area contributed by atoms with Crippen LogP contribution in [0.15, 0.2) is 53.6 Å². The zero-order valence-corrected chi connectivity index (χ0v) is 15.9. The molecule has 0 aliphatic rings. The molecule has 0 aromatic heterocycles. The second-order valence-electron chi connectivity index (χ2n) is 7.10. The minimum atomic E-state index is -0.469. The van der Waals surface area contributed by atoms with E-state index < -0.39 is 10.8 Å². The molecule has 7 heteroatoms. The maximum absolute atomic E-state index is 11.9. The highest BCUT2D eigenvalue weighted by Crippen LogP contribution is 2.24. The predicted octanol–water partition coefficient (Wildman–Crippen LogP) is 3.81. The van der Waals surface area contributed by atoms with Gasteiger partial charge in [-0.05, 0) is 47.7 Å². The van der Waals surface area contributed by atoms with Crippen LogP contribution in [0.3, 0.4) is 0 Å². The maximum Gasteiger partial charge on any atom is 0.277 e. The average molecular weight is 369 g/mol. The van der Waals surface area contributed by atoms with Gasteiger partial charge in [0.15, 0.2) is 6.61 Å². The lowest BCUT2D eigenvalue weighted by atomic mass is 9.87. The summed E-state index contributed by atoms with van der Waals surface area (Å²) in [6.07, 6.45) is 0. The minimum Gasteiger partial charge on any atom is -0.484 e. The van der Waals surface area contributed by atoms with Gasteiger partial charge >= 0.3 is 0 Å². The average Bonchev–Trinajstić information content (AvgIpc) is 2.64. The molecule has 0 spiro atoms. The third-order valence-electron chi connectivity index (χ3n) is 3.93. The third-order valence-corrected chi connectivity index (χ3v) is 3.93. The molecule has 2 rings (SSSR count). The highest BCUT2D eigenvalue weighted by atomic mass is 16.6. The van der Waals surface area contributed by atoms with Crippen molar-refractivity contribution in [1.82, 2.24) is 5.43 Å². The molecule has 142 valence electrons. The molecule has 1 N–H and O–H groups in total.